The summed E-state index contributed by atoms with van der Waals surface area (Å²) in [4.78, 5) is 11.9. The van der Waals surface area contributed by atoms with Gasteiger partial charge in [0, 0.05) is 12.6 Å². The molecule has 0 aromatic heterocycles. The molecule has 0 radical (unpaired) electrons. The summed E-state index contributed by atoms with van der Waals surface area (Å²) < 4.78 is 0. The van der Waals surface area contributed by atoms with Crippen LogP contribution in [0.3, 0.4) is 0 Å². The molecule has 0 spiro atoms. The van der Waals surface area contributed by atoms with E-state index in [9.17, 15) is 4.79 Å². The summed E-state index contributed by atoms with van der Waals surface area (Å²) >= 11 is 0. The minimum atomic E-state index is 0.0522. The number of carbonyl (C=O) groups excluding carboxylic acids is 1. The van der Waals surface area contributed by atoms with Gasteiger partial charge in [0.1, 0.15) is 0 Å². The van der Waals surface area contributed by atoms with Crippen LogP contribution in [0, 0.1) is 5.41 Å². The minimum Gasteiger partial charge on any atom is -0.355 e. The van der Waals surface area contributed by atoms with Gasteiger partial charge in [-0.15, -0.1) is 0 Å². The Hall–Kier alpha value is -0.570. The summed E-state index contributed by atoms with van der Waals surface area (Å²) in [5, 5.41) is 6.59. The highest BCUT2D eigenvalue weighted by Gasteiger charge is 2.31. The van der Waals surface area contributed by atoms with Crippen molar-refractivity contribution in [2.45, 2.75) is 70.9 Å². The van der Waals surface area contributed by atoms with Gasteiger partial charge in [-0.25, -0.2) is 0 Å². The molecular formula is C14H26N2O. The third kappa shape index (κ3) is 3.70. The van der Waals surface area contributed by atoms with Crippen LogP contribution in [0.5, 0.6) is 0 Å². The van der Waals surface area contributed by atoms with E-state index in [1.54, 1.807) is 0 Å². The van der Waals surface area contributed by atoms with Gasteiger partial charge in [-0.1, -0.05) is 20.3 Å². The number of rotatable bonds is 2. The Labute approximate surface area is 105 Å². The van der Waals surface area contributed by atoms with Crippen LogP contribution in [-0.4, -0.2) is 24.5 Å². The van der Waals surface area contributed by atoms with Gasteiger partial charge in [0.25, 0.3) is 0 Å². The second-order valence-corrected chi connectivity index (χ2v) is 6.46. The van der Waals surface area contributed by atoms with Crippen LogP contribution in [0.4, 0.5) is 0 Å². The summed E-state index contributed by atoms with van der Waals surface area (Å²) in [5.74, 6) is 0.214. The summed E-state index contributed by atoms with van der Waals surface area (Å²) in [6.07, 6.45) is 8.33. The van der Waals surface area contributed by atoms with E-state index in [4.69, 9.17) is 0 Å². The van der Waals surface area contributed by atoms with Gasteiger partial charge in [0.2, 0.25) is 5.91 Å². The van der Waals surface area contributed by atoms with E-state index in [-0.39, 0.29) is 11.9 Å². The smallest absolute Gasteiger partial charge is 0.237 e. The zero-order valence-electron chi connectivity index (χ0n) is 11.2. The van der Waals surface area contributed by atoms with Gasteiger partial charge in [0.15, 0.2) is 0 Å². The molecule has 17 heavy (non-hydrogen) atoms. The Morgan fingerprint density at radius 1 is 1.24 bits per heavy atom. The lowest BCUT2D eigenvalue weighted by molar-refractivity contribution is -0.123. The lowest BCUT2D eigenvalue weighted by Gasteiger charge is -2.37. The first kappa shape index (κ1) is 12.9. The summed E-state index contributed by atoms with van der Waals surface area (Å²) in [7, 11) is 0. The van der Waals surface area contributed by atoms with Crippen molar-refractivity contribution in [3.05, 3.63) is 0 Å². The highest BCUT2D eigenvalue weighted by atomic mass is 16.2. The molecule has 2 unspecified atom stereocenters. The maximum Gasteiger partial charge on any atom is 0.237 e. The van der Waals surface area contributed by atoms with Crippen molar-refractivity contribution in [2.24, 2.45) is 5.41 Å². The zero-order valence-corrected chi connectivity index (χ0v) is 11.2. The average Bonchev–Trinajstić information content (AvgIpc) is 2.43. The Bertz CT molecular complexity index is 275. The summed E-state index contributed by atoms with van der Waals surface area (Å²) in [6.45, 7) is 5.54. The monoisotopic (exact) mass is 238 g/mol. The molecule has 1 saturated heterocycles. The second kappa shape index (κ2) is 5.38. The third-order valence-electron chi connectivity index (χ3n) is 4.18. The van der Waals surface area contributed by atoms with Gasteiger partial charge in [-0.2, -0.15) is 0 Å². The van der Waals surface area contributed by atoms with Crippen LogP contribution in [0.2, 0.25) is 0 Å². The standard InChI is InChI=1S/C14H26N2O/c1-14(2)8-5-6-11(10-14)16-12-7-3-4-9-15-13(12)17/h11-12,16H,3-10H2,1-2H3,(H,15,17). The fourth-order valence-electron chi connectivity index (χ4n) is 3.22. The summed E-state index contributed by atoms with van der Waals surface area (Å²) in [6, 6.07) is 0.587. The molecule has 2 atom stereocenters. The Kier molecular flexibility index (Phi) is 4.08. The Morgan fingerprint density at radius 3 is 2.82 bits per heavy atom. The first-order valence-electron chi connectivity index (χ1n) is 7.11. The molecule has 0 aromatic rings. The SMILES string of the molecule is CC1(C)CCCC(NC2CCCCNC2=O)C1. The predicted octanol–water partition coefficient (Wildman–Crippen LogP) is 2.21. The van der Waals surface area contributed by atoms with E-state index in [1.807, 2.05) is 0 Å². The number of nitrogens with one attached hydrogen (secondary N) is 2. The Morgan fingerprint density at radius 2 is 2.06 bits per heavy atom. The fourth-order valence-corrected chi connectivity index (χ4v) is 3.22. The van der Waals surface area contributed by atoms with Gasteiger partial charge in [-0.3, -0.25) is 4.79 Å². The third-order valence-corrected chi connectivity index (χ3v) is 4.18. The number of amides is 1. The van der Waals surface area contributed by atoms with Crippen molar-refractivity contribution < 1.29 is 4.79 Å². The zero-order chi connectivity index (χ0) is 12.3. The van der Waals surface area contributed by atoms with Crippen LogP contribution in [0.25, 0.3) is 0 Å². The number of hydrogen-bond donors (Lipinski definition) is 2. The highest BCUT2D eigenvalue weighted by molar-refractivity contribution is 5.81. The van der Waals surface area contributed by atoms with Crippen LogP contribution in [-0.2, 0) is 4.79 Å². The molecule has 1 aliphatic heterocycles. The van der Waals surface area contributed by atoms with E-state index >= 15 is 0 Å². The van der Waals surface area contributed by atoms with Crippen molar-refractivity contribution in [2.75, 3.05) is 6.54 Å². The molecule has 0 aromatic carbocycles. The molecule has 2 N–H and O–H groups in total. The van der Waals surface area contributed by atoms with E-state index in [2.05, 4.69) is 24.5 Å². The molecular weight excluding hydrogens is 212 g/mol. The van der Waals surface area contributed by atoms with E-state index in [0.29, 0.717) is 11.5 Å². The fraction of sp³-hybridized carbons (Fsp3) is 0.929. The maximum absolute atomic E-state index is 11.9. The van der Waals surface area contributed by atoms with Crippen molar-refractivity contribution >= 4 is 5.91 Å². The van der Waals surface area contributed by atoms with Crippen LogP contribution in [0.1, 0.15) is 58.8 Å². The Balaban J connectivity index is 1.88. The molecule has 3 nitrogen and oxygen atoms in total. The van der Waals surface area contributed by atoms with E-state index < -0.39 is 0 Å². The van der Waals surface area contributed by atoms with Gasteiger partial charge < -0.3 is 10.6 Å². The molecule has 2 fully saturated rings. The van der Waals surface area contributed by atoms with Crippen molar-refractivity contribution in [1.82, 2.24) is 10.6 Å². The molecule has 3 heteroatoms. The minimum absolute atomic E-state index is 0.0522. The number of carbonyl (C=O) groups is 1. The predicted molar refractivity (Wildman–Crippen MR) is 69.8 cm³/mol. The molecule has 2 aliphatic rings. The molecule has 1 saturated carbocycles. The largest absolute Gasteiger partial charge is 0.355 e. The van der Waals surface area contributed by atoms with Crippen molar-refractivity contribution in [3.63, 3.8) is 0 Å². The molecule has 1 amide bonds. The van der Waals surface area contributed by atoms with Crippen LogP contribution >= 0.6 is 0 Å². The molecule has 0 bridgehead atoms. The van der Waals surface area contributed by atoms with Gasteiger partial charge in [0.05, 0.1) is 6.04 Å². The molecule has 1 aliphatic carbocycles. The first-order valence-corrected chi connectivity index (χ1v) is 7.11. The van der Waals surface area contributed by atoms with Gasteiger partial charge in [-0.05, 0) is 43.9 Å². The maximum atomic E-state index is 11.9. The van der Waals surface area contributed by atoms with Crippen LogP contribution in [0.15, 0.2) is 0 Å². The van der Waals surface area contributed by atoms with Crippen molar-refractivity contribution in [1.29, 1.82) is 0 Å². The van der Waals surface area contributed by atoms with E-state index in [0.717, 1.165) is 25.8 Å². The lowest BCUT2D eigenvalue weighted by Crippen LogP contribution is -2.49. The highest BCUT2D eigenvalue weighted by Crippen LogP contribution is 2.35. The quantitative estimate of drug-likeness (QED) is 0.774. The number of hydrogen-bond acceptors (Lipinski definition) is 2. The topological polar surface area (TPSA) is 41.1 Å². The average molecular weight is 238 g/mol. The van der Waals surface area contributed by atoms with E-state index in [1.165, 1.54) is 25.7 Å². The lowest BCUT2D eigenvalue weighted by atomic mass is 9.75. The van der Waals surface area contributed by atoms with Gasteiger partial charge >= 0.3 is 0 Å². The molecule has 98 valence electrons. The molecule has 1 heterocycles. The second-order valence-electron chi connectivity index (χ2n) is 6.46. The normalized spacial score (nSPS) is 33.9. The molecule has 2 rings (SSSR count). The van der Waals surface area contributed by atoms with Crippen LogP contribution < -0.4 is 10.6 Å². The first-order chi connectivity index (χ1) is 8.07. The summed E-state index contributed by atoms with van der Waals surface area (Å²) in [5.41, 5.74) is 0.442. The van der Waals surface area contributed by atoms with Crippen molar-refractivity contribution in [3.8, 4) is 0 Å².